The van der Waals surface area contributed by atoms with Crippen LogP contribution in [0.3, 0.4) is 0 Å². The normalized spacial score (nSPS) is 23.1. The van der Waals surface area contributed by atoms with Crippen LogP contribution in [0.15, 0.2) is 103 Å². The number of anilines is 2. The molecule has 3 aliphatic rings. The molecule has 4 atom stereocenters. The second kappa shape index (κ2) is 9.73. The van der Waals surface area contributed by atoms with Crippen LogP contribution in [0, 0.1) is 5.92 Å². The smallest absolute Gasteiger partial charge is 0.238 e. The number of methoxy groups -OCH3 is 2. The second-order valence-corrected chi connectivity index (χ2v) is 10.8. The van der Waals surface area contributed by atoms with Gasteiger partial charge >= 0.3 is 0 Å². The van der Waals surface area contributed by atoms with E-state index >= 15 is 0 Å². The number of amides is 1. The van der Waals surface area contributed by atoms with E-state index in [1.54, 1.807) is 62.8 Å². The first-order valence-electron chi connectivity index (χ1n) is 13.8. The number of ether oxygens (including phenoxy) is 2. The Labute approximate surface area is 243 Å². The SMILES string of the molecule is COc1ccc(C(=O)[C@@H]2[C@H](C(=O)c3cccc(OC)c3)[C@@]3(C(=O)Nc4ccccc43)[C@H]3C=Cc4ccccc4N23)cc1. The highest BCUT2D eigenvalue weighted by atomic mass is 16.5. The Morgan fingerprint density at radius 3 is 2.31 bits per heavy atom. The molecule has 3 heterocycles. The summed E-state index contributed by atoms with van der Waals surface area (Å²) < 4.78 is 10.8. The van der Waals surface area contributed by atoms with E-state index in [0.717, 1.165) is 11.3 Å². The molecule has 1 fully saturated rings. The lowest BCUT2D eigenvalue weighted by Crippen LogP contribution is -2.51. The lowest BCUT2D eigenvalue weighted by atomic mass is 9.64. The number of benzene rings is 4. The summed E-state index contributed by atoms with van der Waals surface area (Å²) in [5.41, 5.74) is 2.51. The van der Waals surface area contributed by atoms with Crippen molar-refractivity contribution in [3.63, 3.8) is 0 Å². The van der Waals surface area contributed by atoms with Crippen molar-refractivity contribution in [2.24, 2.45) is 5.92 Å². The maximum Gasteiger partial charge on any atom is 0.238 e. The van der Waals surface area contributed by atoms with Crippen molar-refractivity contribution in [2.45, 2.75) is 17.5 Å². The number of ketones is 2. The van der Waals surface area contributed by atoms with Gasteiger partial charge in [-0.1, -0.05) is 60.7 Å². The second-order valence-electron chi connectivity index (χ2n) is 10.8. The molecule has 0 bridgehead atoms. The summed E-state index contributed by atoms with van der Waals surface area (Å²) in [5.74, 6) is -0.759. The quantitative estimate of drug-likeness (QED) is 0.313. The topological polar surface area (TPSA) is 84.9 Å². The van der Waals surface area contributed by atoms with E-state index in [1.807, 2.05) is 65.6 Å². The highest BCUT2D eigenvalue weighted by Crippen LogP contribution is 2.58. The van der Waals surface area contributed by atoms with Gasteiger partial charge in [0.05, 0.1) is 26.2 Å². The van der Waals surface area contributed by atoms with E-state index in [1.165, 1.54) is 0 Å². The number of hydrogen-bond acceptors (Lipinski definition) is 6. The lowest BCUT2D eigenvalue weighted by Gasteiger charge is -2.37. The van der Waals surface area contributed by atoms with Gasteiger partial charge in [0.2, 0.25) is 5.91 Å². The van der Waals surface area contributed by atoms with Gasteiger partial charge in [-0.15, -0.1) is 0 Å². The van der Waals surface area contributed by atoms with Crippen molar-refractivity contribution in [2.75, 3.05) is 24.4 Å². The van der Waals surface area contributed by atoms with E-state index in [-0.39, 0.29) is 17.5 Å². The molecular formula is C35H28N2O5. The number of rotatable bonds is 6. The van der Waals surface area contributed by atoms with Crippen molar-refractivity contribution in [3.8, 4) is 11.5 Å². The Morgan fingerprint density at radius 1 is 0.786 bits per heavy atom. The molecular weight excluding hydrogens is 528 g/mol. The standard InChI is InChI=1S/C35H28N2O5/c1-41-24-17-14-22(15-18-24)33(39)31-30(32(38)23-9-7-10-25(20-23)42-2)35(26-11-4-5-12-27(26)36-34(35)40)29-19-16-21-8-3-6-13-28(21)37(29)31/h3-20,29-31H,1-2H3,(H,36,40)/t29-,30-,31+,35+/m1/s1. The van der Waals surface area contributed by atoms with E-state index in [9.17, 15) is 14.4 Å². The third-order valence-electron chi connectivity index (χ3n) is 8.82. The van der Waals surface area contributed by atoms with Crippen LogP contribution >= 0.6 is 0 Å². The molecule has 3 aliphatic heterocycles. The van der Waals surface area contributed by atoms with Crippen molar-refractivity contribution in [3.05, 3.63) is 125 Å². The molecule has 4 aromatic rings. The zero-order valence-electron chi connectivity index (χ0n) is 23.1. The fourth-order valence-corrected chi connectivity index (χ4v) is 7.00. The van der Waals surface area contributed by atoms with Gasteiger partial charge in [-0.3, -0.25) is 14.4 Å². The minimum atomic E-state index is -1.37. The summed E-state index contributed by atoms with van der Waals surface area (Å²) in [5, 5.41) is 3.06. The average molecular weight is 557 g/mol. The fourth-order valence-electron chi connectivity index (χ4n) is 7.00. The Hall–Kier alpha value is -5.17. The molecule has 1 spiro atoms. The third kappa shape index (κ3) is 3.56. The number of Topliss-reactive ketones (excluding diaryl/α,β-unsaturated/α-hetero) is 2. The summed E-state index contributed by atoms with van der Waals surface area (Å²) in [6.45, 7) is 0. The van der Waals surface area contributed by atoms with Crippen LogP contribution in [0.2, 0.25) is 0 Å². The summed E-state index contributed by atoms with van der Waals surface area (Å²) in [6, 6.07) is 27.5. The van der Waals surface area contributed by atoms with Gasteiger partial charge in [0, 0.05) is 22.5 Å². The predicted octanol–water partition coefficient (Wildman–Crippen LogP) is 5.56. The molecule has 0 saturated carbocycles. The van der Waals surface area contributed by atoms with Gasteiger partial charge in [0.1, 0.15) is 23.0 Å². The molecule has 1 N–H and O–H groups in total. The molecule has 1 saturated heterocycles. The lowest BCUT2D eigenvalue weighted by molar-refractivity contribution is -0.121. The summed E-state index contributed by atoms with van der Waals surface area (Å²) in [6.07, 6.45) is 3.96. The maximum atomic E-state index is 14.9. The molecule has 0 aromatic heterocycles. The Kier molecular flexibility index (Phi) is 5.97. The monoisotopic (exact) mass is 556 g/mol. The van der Waals surface area contributed by atoms with Crippen molar-refractivity contribution < 1.29 is 23.9 Å². The van der Waals surface area contributed by atoms with Crippen molar-refractivity contribution in [1.82, 2.24) is 0 Å². The van der Waals surface area contributed by atoms with Gasteiger partial charge in [0.15, 0.2) is 11.6 Å². The Bertz CT molecular complexity index is 1780. The van der Waals surface area contributed by atoms with Gasteiger partial charge in [-0.2, -0.15) is 0 Å². The first-order valence-corrected chi connectivity index (χ1v) is 13.8. The van der Waals surface area contributed by atoms with Gasteiger partial charge in [-0.25, -0.2) is 0 Å². The molecule has 7 nitrogen and oxygen atoms in total. The highest BCUT2D eigenvalue weighted by Gasteiger charge is 2.70. The summed E-state index contributed by atoms with van der Waals surface area (Å²) in [7, 11) is 3.11. The maximum absolute atomic E-state index is 14.9. The number of fused-ring (bicyclic) bond motifs is 6. The zero-order valence-corrected chi connectivity index (χ0v) is 23.1. The average Bonchev–Trinajstić information content (AvgIpc) is 3.52. The van der Waals surface area contributed by atoms with Crippen molar-refractivity contribution in [1.29, 1.82) is 0 Å². The third-order valence-corrected chi connectivity index (χ3v) is 8.82. The first kappa shape index (κ1) is 25.8. The molecule has 208 valence electrons. The molecule has 7 heteroatoms. The zero-order chi connectivity index (χ0) is 29.0. The highest BCUT2D eigenvalue weighted by molar-refractivity contribution is 6.18. The molecule has 42 heavy (non-hydrogen) atoms. The van der Waals surface area contributed by atoms with Crippen LogP contribution in [0.1, 0.15) is 31.8 Å². The molecule has 4 aromatic carbocycles. The van der Waals surface area contributed by atoms with E-state index in [2.05, 4.69) is 5.32 Å². The van der Waals surface area contributed by atoms with Crippen LogP contribution in [-0.2, 0) is 10.2 Å². The van der Waals surface area contributed by atoms with Gasteiger partial charge in [-0.05, 0) is 59.7 Å². The largest absolute Gasteiger partial charge is 0.497 e. The number of carbonyl (C=O) groups excluding carboxylic acids is 3. The van der Waals surface area contributed by atoms with Crippen LogP contribution in [-0.4, -0.2) is 43.8 Å². The van der Waals surface area contributed by atoms with Crippen LogP contribution in [0.5, 0.6) is 11.5 Å². The van der Waals surface area contributed by atoms with Crippen LogP contribution in [0.4, 0.5) is 11.4 Å². The number of nitrogens with zero attached hydrogens (tertiary/aromatic N) is 1. The molecule has 0 aliphatic carbocycles. The van der Waals surface area contributed by atoms with E-state index < -0.39 is 23.4 Å². The predicted molar refractivity (Wildman–Crippen MR) is 160 cm³/mol. The Morgan fingerprint density at radius 2 is 1.52 bits per heavy atom. The minimum absolute atomic E-state index is 0.247. The summed E-state index contributed by atoms with van der Waals surface area (Å²) >= 11 is 0. The Balaban J connectivity index is 1.52. The molecule has 0 radical (unpaired) electrons. The van der Waals surface area contributed by atoms with Crippen LogP contribution in [0.25, 0.3) is 6.08 Å². The fraction of sp³-hybridized carbons (Fsp3) is 0.171. The van der Waals surface area contributed by atoms with Gasteiger partial charge < -0.3 is 19.7 Å². The number of hydrogen-bond donors (Lipinski definition) is 1. The molecule has 0 unspecified atom stereocenters. The number of nitrogens with one attached hydrogen (secondary N) is 1. The number of carbonyl (C=O) groups is 3. The van der Waals surface area contributed by atoms with E-state index in [0.29, 0.717) is 33.9 Å². The van der Waals surface area contributed by atoms with Gasteiger partial charge in [0.25, 0.3) is 0 Å². The van der Waals surface area contributed by atoms with Crippen molar-refractivity contribution >= 4 is 34.9 Å². The number of para-hydroxylation sites is 2. The minimum Gasteiger partial charge on any atom is -0.497 e. The van der Waals surface area contributed by atoms with Crippen LogP contribution < -0.4 is 19.7 Å². The molecule has 7 rings (SSSR count). The summed E-state index contributed by atoms with van der Waals surface area (Å²) in [4.78, 5) is 46.0. The first-order chi connectivity index (χ1) is 20.5. The van der Waals surface area contributed by atoms with E-state index in [4.69, 9.17) is 9.47 Å². The molecule has 1 amide bonds.